The number of anilines is 1. The van der Waals surface area contributed by atoms with Crippen molar-refractivity contribution in [1.82, 2.24) is 4.90 Å². The van der Waals surface area contributed by atoms with E-state index in [1.165, 1.54) is 11.1 Å². The van der Waals surface area contributed by atoms with Crippen molar-refractivity contribution in [2.75, 3.05) is 31.5 Å². The van der Waals surface area contributed by atoms with Crippen LogP contribution in [0.3, 0.4) is 0 Å². The van der Waals surface area contributed by atoms with Crippen molar-refractivity contribution in [3.05, 3.63) is 54.6 Å². The lowest BCUT2D eigenvalue weighted by Gasteiger charge is -2.16. The quantitative estimate of drug-likeness (QED) is 0.667. The fourth-order valence-electron chi connectivity index (χ4n) is 3.86. The van der Waals surface area contributed by atoms with E-state index in [0.29, 0.717) is 12.9 Å². The molecule has 2 atom stereocenters. The molecule has 2 N–H and O–H groups in total. The average Bonchev–Trinajstić information content (AvgIpc) is 3.11. The van der Waals surface area contributed by atoms with Gasteiger partial charge in [0.25, 0.3) is 0 Å². The largest absolute Gasteiger partial charge is 0.481 e. The topological polar surface area (TPSA) is 52.6 Å². The molecular formula is C22H27BN2O2. The molecule has 1 aliphatic heterocycles. The lowest BCUT2D eigenvalue weighted by Crippen LogP contribution is -2.28. The number of carboxylic acids is 1. The minimum Gasteiger partial charge on any atom is -0.481 e. The van der Waals surface area contributed by atoms with Gasteiger partial charge in [-0.15, -0.1) is 0 Å². The molecule has 140 valence electrons. The molecule has 1 heterocycles. The highest BCUT2D eigenvalue weighted by Crippen LogP contribution is 2.28. The number of hydrogen-bond donors (Lipinski definition) is 2. The van der Waals surface area contributed by atoms with Gasteiger partial charge in [0.05, 0.1) is 13.8 Å². The molecule has 1 fully saturated rings. The number of hydrogen-bond acceptors (Lipinski definition) is 3. The molecule has 2 radical (unpaired) electrons. The van der Waals surface area contributed by atoms with Gasteiger partial charge in [0.15, 0.2) is 0 Å². The van der Waals surface area contributed by atoms with E-state index in [9.17, 15) is 9.90 Å². The first kappa shape index (κ1) is 19.5. The first-order valence-electron chi connectivity index (χ1n) is 9.72. The SMILES string of the molecule is [B]CCC[C@H]1CN(CCNc2ccc(-c3ccccc3)cc2)C[C@H]1C(=O)O. The van der Waals surface area contributed by atoms with Crippen LogP contribution < -0.4 is 5.32 Å². The summed E-state index contributed by atoms with van der Waals surface area (Å²) in [5.74, 6) is -0.720. The maximum atomic E-state index is 11.5. The van der Waals surface area contributed by atoms with Crippen molar-refractivity contribution in [2.45, 2.75) is 19.2 Å². The second-order valence-electron chi connectivity index (χ2n) is 7.27. The molecule has 4 nitrogen and oxygen atoms in total. The maximum absolute atomic E-state index is 11.5. The minimum absolute atomic E-state index is 0.219. The zero-order valence-electron chi connectivity index (χ0n) is 15.7. The summed E-state index contributed by atoms with van der Waals surface area (Å²) in [4.78, 5) is 13.7. The lowest BCUT2D eigenvalue weighted by molar-refractivity contribution is -0.142. The van der Waals surface area contributed by atoms with E-state index < -0.39 is 5.97 Å². The Hall–Kier alpha value is -2.27. The molecule has 2 aromatic carbocycles. The molecule has 0 bridgehead atoms. The lowest BCUT2D eigenvalue weighted by atomic mass is 9.88. The molecule has 1 saturated heterocycles. The maximum Gasteiger partial charge on any atom is 0.308 e. The molecule has 5 heteroatoms. The van der Waals surface area contributed by atoms with Crippen LogP contribution in [0.5, 0.6) is 0 Å². The van der Waals surface area contributed by atoms with Gasteiger partial charge in [0.1, 0.15) is 0 Å². The Balaban J connectivity index is 1.47. The molecule has 0 aliphatic carbocycles. The highest BCUT2D eigenvalue weighted by atomic mass is 16.4. The highest BCUT2D eigenvalue weighted by molar-refractivity contribution is 6.08. The Morgan fingerprint density at radius 2 is 1.78 bits per heavy atom. The predicted molar refractivity (Wildman–Crippen MR) is 111 cm³/mol. The van der Waals surface area contributed by atoms with Crippen LogP contribution in [-0.4, -0.2) is 50.0 Å². The summed E-state index contributed by atoms with van der Waals surface area (Å²) in [5.41, 5.74) is 3.50. The zero-order valence-corrected chi connectivity index (χ0v) is 15.7. The Labute approximate surface area is 163 Å². The van der Waals surface area contributed by atoms with Gasteiger partial charge in [-0.05, 0) is 35.6 Å². The van der Waals surface area contributed by atoms with Crippen LogP contribution in [0.15, 0.2) is 54.6 Å². The van der Waals surface area contributed by atoms with Gasteiger partial charge in [0, 0.05) is 31.9 Å². The van der Waals surface area contributed by atoms with Crippen molar-refractivity contribution in [3.8, 4) is 11.1 Å². The second-order valence-corrected chi connectivity index (χ2v) is 7.27. The van der Waals surface area contributed by atoms with Crippen molar-refractivity contribution in [3.63, 3.8) is 0 Å². The Morgan fingerprint density at radius 1 is 1.07 bits per heavy atom. The van der Waals surface area contributed by atoms with Crippen molar-refractivity contribution in [1.29, 1.82) is 0 Å². The van der Waals surface area contributed by atoms with Gasteiger partial charge in [-0.25, -0.2) is 0 Å². The molecule has 3 rings (SSSR count). The standard InChI is InChI=1S/C22H27BN2O2/c23-12-4-7-19-15-25(16-21(19)22(26)27)14-13-24-20-10-8-18(9-11-20)17-5-2-1-3-6-17/h1-3,5-6,8-11,19,21,24H,4,7,12-16H2,(H,26,27)/t19-,21+/m0/s1. The Bertz CT molecular complexity index is 721. The number of nitrogens with one attached hydrogen (secondary N) is 1. The van der Waals surface area contributed by atoms with Gasteiger partial charge in [0.2, 0.25) is 0 Å². The van der Waals surface area contributed by atoms with E-state index in [0.717, 1.165) is 38.2 Å². The third-order valence-electron chi connectivity index (χ3n) is 5.36. The number of carboxylic acid groups (broad SMARTS) is 1. The first-order chi connectivity index (χ1) is 13.2. The van der Waals surface area contributed by atoms with Crippen LogP contribution in [-0.2, 0) is 4.79 Å². The molecule has 2 aromatic rings. The summed E-state index contributed by atoms with van der Waals surface area (Å²) < 4.78 is 0. The van der Waals surface area contributed by atoms with Gasteiger partial charge in [-0.1, -0.05) is 55.2 Å². The first-order valence-corrected chi connectivity index (χ1v) is 9.72. The number of benzene rings is 2. The van der Waals surface area contributed by atoms with Gasteiger partial charge >= 0.3 is 5.97 Å². The van der Waals surface area contributed by atoms with Crippen LogP contribution in [0, 0.1) is 11.8 Å². The smallest absolute Gasteiger partial charge is 0.308 e. The fraction of sp³-hybridized carbons (Fsp3) is 0.409. The third kappa shape index (κ3) is 5.36. The number of rotatable bonds is 9. The second kappa shape index (κ2) is 9.61. The molecule has 0 aromatic heterocycles. The predicted octanol–water partition coefficient (Wildman–Crippen LogP) is 3.77. The van der Waals surface area contributed by atoms with E-state index >= 15 is 0 Å². The zero-order chi connectivity index (χ0) is 19.1. The molecule has 0 spiro atoms. The molecule has 0 unspecified atom stereocenters. The van der Waals surface area contributed by atoms with E-state index in [2.05, 4.69) is 46.6 Å². The fourth-order valence-corrected chi connectivity index (χ4v) is 3.86. The molecule has 1 aliphatic rings. The summed E-state index contributed by atoms with van der Waals surface area (Å²) in [5, 5.41) is 12.9. The summed E-state index contributed by atoms with van der Waals surface area (Å²) in [6, 6.07) is 18.8. The Kier molecular flexibility index (Phi) is 6.94. The Morgan fingerprint density at radius 3 is 2.44 bits per heavy atom. The normalized spacial score (nSPS) is 19.9. The summed E-state index contributed by atoms with van der Waals surface area (Å²) in [7, 11) is 5.58. The average molecular weight is 362 g/mol. The van der Waals surface area contributed by atoms with Crippen LogP contribution in [0.2, 0.25) is 6.32 Å². The molecular weight excluding hydrogens is 335 g/mol. The van der Waals surface area contributed by atoms with Crippen LogP contribution in [0.4, 0.5) is 5.69 Å². The summed E-state index contributed by atoms with van der Waals surface area (Å²) >= 11 is 0. The number of nitrogens with zero attached hydrogens (tertiary/aromatic N) is 1. The van der Waals surface area contributed by atoms with E-state index in [1.54, 1.807) is 0 Å². The molecule has 27 heavy (non-hydrogen) atoms. The molecule has 0 amide bonds. The van der Waals surface area contributed by atoms with Crippen LogP contribution in [0.25, 0.3) is 11.1 Å². The van der Waals surface area contributed by atoms with E-state index in [1.807, 2.05) is 18.2 Å². The van der Waals surface area contributed by atoms with Crippen molar-refractivity contribution >= 4 is 19.5 Å². The summed E-state index contributed by atoms with van der Waals surface area (Å²) in [6.45, 7) is 3.15. The van der Waals surface area contributed by atoms with Crippen LogP contribution >= 0.6 is 0 Å². The monoisotopic (exact) mass is 362 g/mol. The molecule has 0 saturated carbocycles. The van der Waals surface area contributed by atoms with E-state index in [-0.39, 0.29) is 11.8 Å². The third-order valence-corrected chi connectivity index (χ3v) is 5.36. The number of carbonyl (C=O) groups is 1. The number of aliphatic carboxylic acids is 1. The van der Waals surface area contributed by atoms with Crippen molar-refractivity contribution < 1.29 is 9.90 Å². The minimum atomic E-state index is -0.677. The number of likely N-dealkylation sites (tertiary alicyclic amines) is 1. The van der Waals surface area contributed by atoms with Crippen LogP contribution in [0.1, 0.15) is 12.8 Å². The highest BCUT2D eigenvalue weighted by Gasteiger charge is 2.36. The van der Waals surface area contributed by atoms with Gasteiger partial charge in [-0.2, -0.15) is 0 Å². The van der Waals surface area contributed by atoms with Crippen molar-refractivity contribution in [2.24, 2.45) is 11.8 Å². The van der Waals surface area contributed by atoms with Gasteiger partial charge < -0.3 is 15.3 Å². The van der Waals surface area contributed by atoms with Gasteiger partial charge in [-0.3, -0.25) is 4.79 Å². The van der Waals surface area contributed by atoms with E-state index in [4.69, 9.17) is 7.85 Å². The summed E-state index contributed by atoms with van der Waals surface area (Å²) in [6.07, 6.45) is 2.43.